The number of nitrogens with one attached hydrogen (secondary N) is 3. The number of hydrogen-bond donors (Lipinski definition) is 4. The quantitative estimate of drug-likeness (QED) is 0.297. The number of nitrogens with two attached hydrogens (primary N) is 1. The fourth-order valence-corrected chi connectivity index (χ4v) is 5.51. The van der Waals surface area contributed by atoms with E-state index in [4.69, 9.17) is 17.3 Å². The van der Waals surface area contributed by atoms with Crippen LogP contribution in [0.4, 0.5) is 17.2 Å². The number of anilines is 3. The van der Waals surface area contributed by atoms with Crippen molar-refractivity contribution in [2.24, 2.45) is 0 Å². The molecule has 11 nitrogen and oxygen atoms in total. The summed E-state index contributed by atoms with van der Waals surface area (Å²) in [5.41, 5.74) is 10.1. The van der Waals surface area contributed by atoms with Crippen molar-refractivity contribution in [2.45, 2.75) is 25.4 Å². The average molecular weight is 535 g/mol. The number of aromatic nitrogens is 5. The van der Waals surface area contributed by atoms with Crippen LogP contribution in [0.2, 0.25) is 5.02 Å². The van der Waals surface area contributed by atoms with Gasteiger partial charge in [0.2, 0.25) is 5.91 Å². The Morgan fingerprint density at radius 1 is 1.18 bits per heavy atom. The van der Waals surface area contributed by atoms with Gasteiger partial charge in [0.1, 0.15) is 5.69 Å². The highest BCUT2D eigenvalue weighted by molar-refractivity contribution is 6.33. The van der Waals surface area contributed by atoms with Crippen molar-refractivity contribution in [3.63, 3.8) is 0 Å². The Labute approximate surface area is 225 Å². The second kappa shape index (κ2) is 10.2. The lowest BCUT2D eigenvalue weighted by Crippen LogP contribution is -2.46. The van der Waals surface area contributed by atoms with Crippen LogP contribution in [0.5, 0.6) is 0 Å². The maximum Gasteiger partial charge on any atom is 0.241 e. The number of aromatic amines is 1. The van der Waals surface area contributed by atoms with Gasteiger partial charge in [-0.2, -0.15) is 5.10 Å². The van der Waals surface area contributed by atoms with Gasteiger partial charge in [-0.25, -0.2) is 4.68 Å². The van der Waals surface area contributed by atoms with Gasteiger partial charge in [0, 0.05) is 49.4 Å². The molecule has 2 aliphatic heterocycles. The molecule has 1 amide bonds. The second-order valence-electron chi connectivity index (χ2n) is 9.88. The lowest BCUT2D eigenvalue weighted by Gasteiger charge is -2.36. The molecule has 2 aromatic carbocycles. The lowest BCUT2D eigenvalue weighted by atomic mass is 10.1. The highest BCUT2D eigenvalue weighted by Crippen LogP contribution is 2.31. The summed E-state index contributed by atoms with van der Waals surface area (Å²) in [5.74, 6) is 0.403. The van der Waals surface area contributed by atoms with Crippen molar-refractivity contribution in [2.75, 3.05) is 55.2 Å². The zero-order valence-electron chi connectivity index (χ0n) is 21.2. The fourth-order valence-electron chi connectivity index (χ4n) is 5.27. The summed E-state index contributed by atoms with van der Waals surface area (Å²) in [5, 5.41) is 23.7. The van der Waals surface area contributed by atoms with Gasteiger partial charge in [0.15, 0.2) is 5.82 Å². The molecular formula is C26H31ClN10O. The van der Waals surface area contributed by atoms with Crippen LogP contribution in [0, 0.1) is 0 Å². The van der Waals surface area contributed by atoms with E-state index in [-0.39, 0.29) is 18.0 Å². The van der Waals surface area contributed by atoms with Gasteiger partial charge in [-0.15, -0.1) is 5.10 Å². The standard InChI is InChI=1S/C26H31ClN10O/c1-2-35-7-9-36(10-8-35)24-12-17(4-6-20(24)27)30-26(38)22-13-18(14-29-22)37-15-23(32-34-37)16-3-5-19-21(11-16)31-33-25(19)28/h3-6,11-12,15,18,22,29H,2,7-10,13-14H2,1H3,(H,30,38)(H3,28,31,33)/t18-,22-/m0/s1. The molecular weight excluding hydrogens is 504 g/mol. The topological polar surface area (TPSA) is 133 Å². The molecule has 0 unspecified atom stereocenters. The molecule has 6 rings (SSSR count). The minimum atomic E-state index is -0.329. The van der Waals surface area contributed by atoms with Crippen molar-refractivity contribution in [1.29, 1.82) is 0 Å². The number of likely N-dealkylation sites (N-methyl/N-ethyl adjacent to an activating group) is 1. The van der Waals surface area contributed by atoms with Crippen molar-refractivity contribution >= 4 is 45.6 Å². The van der Waals surface area contributed by atoms with Gasteiger partial charge in [-0.1, -0.05) is 29.8 Å². The Morgan fingerprint density at radius 2 is 2.03 bits per heavy atom. The monoisotopic (exact) mass is 534 g/mol. The van der Waals surface area contributed by atoms with Gasteiger partial charge >= 0.3 is 0 Å². The second-order valence-corrected chi connectivity index (χ2v) is 10.3. The molecule has 5 N–H and O–H groups in total. The number of H-pyrrole nitrogens is 1. The van der Waals surface area contributed by atoms with E-state index in [9.17, 15) is 4.79 Å². The Balaban J connectivity index is 1.09. The molecule has 2 atom stereocenters. The number of benzene rings is 2. The SMILES string of the molecule is CCN1CCN(c2cc(NC(=O)[C@@H]3C[C@H](n4cc(-c5ccc6c(N)n[nH]c6c5)nn4)CN3)ccc2Cl)CC1. The van der Waals surface area contributed by atoms with Crippen LogP contribution in [0.3, 0.4) is 0 Å². The first-order valence-electron chi connectivity index (χ1n) is 13.0. The molecule has 4 aromatic rings. The summed E-state index contributed by atoms with van der Waals surface area (Å²) in [4.78, 5) is 17.8. The molecule has 0 radical (unpaired) electrons. The van der Waals surface area contributed by atoms with Crippen LogP contribution in [0.15, 0.2) is 42.6 Å². The third-order valence-electron chi connectivity index (χ3n) is 7.57. The van der Waals surface area contributed by atoms with E-state index in [1.165, 1.54) is 0 Å². The first-order valence-corrected chi connectivity index (χ1v) is 13.3. The van der Waals surface area contributed by atoms with Crippen LogP contribution in [-0.2, 0) is 4.79 Å². The molecule has 38 heavy (non-hydrogen) atoms. The van der Waals surface area contributed by atoms with E-state index in [2.05, 4.69) is 47.9 Å². The van der Waals surface area contributed by atoms with Crippen molar-refractivity contribution in [3.8, 4) is 11.3 Å². The summed E-state index contributed by atoms with van der Waals surface area (Å²) >= 11 is 6.52. The van der Waals surface area contributed by atoms with Crippen LogP contribution in [-0.4, -0.2) is 81.3 Å². The number of piperazine rings is 1. The number of fused-ring (bicyclic) bond motifs is 1. The summed E-state index contributed by atoms with van der Waals surface area (Å²) in [6, 6.07) is 11.2. The summed E-state index contributed by atoms with van der Waals surface area (Å²) in [6.07, 6.45) is 2.53. The summed E-state index contributed by atoms with van der Waals surface area (Å²) in [6.45, 7) is 7.71. The molecule has 2 saturated heterocycles. The molecule has 198 valence electrons. The number of rotatable bonds is 6. The molecule has 0 bridgehead atoms. The molecule has 2 fully saturated rings. The normalized spacial score (nSPS) is 20.3. The predicted molar refractivity (Wildman–Crippen MR) is 149 cm³/mol. The smallest absolute Gasteiger partial charge is 0.241 e. The average Bonchev–Trinajstić information content (AvgIpc) is 3.70. The maximum atomic E-state index is 13.1. The zero-order chi connectivity index (χ0) is 26.2. The van der Waals surface area contributed by atoms with Gasteiger partial charge in [0.05, 0.1) is 34.5 Å². The van der Waals surface area contributed by atoms with Gasteiger partial charge in [-0.3, -0.25) is 9.89 Å². The summed E-state index contributed by atoms with van der Waals surface area (Å²) < 4.78 is 1.83. The molecule has 2 aliphatic rings. The number of halogens is 1. The predicted octanol–water partition coefficient (Wildman–Crippen LogP) is 2.74. The number of amides is 1. The van der Waals surface area contributed by atoms with E-state index in [0.717, 1.165) is 66.3 Å². The molecule has 4 heterocycles. The van der Waals surface area contributed by atoms with Crippen LogP contribution >= 0.6 is 11.6 Å². The first-order chi connectivity index (χ1) is 18.5. The largest absolute Gasteiger partial charge is 0.382 e. The van der Waals surface area contributed by atoms with E-state index in [1.807, 2.05) is 47.3 Å². The van der Waals surface area contributed by atoms with Gasteiger partial charge < -0.3 is 26.2 Å². The van der Waals surface area contributed by atoms with Crippen LogP contribution < -0.4 is 21.3 Å². The molecule has 2 aromatic heterocycles. The zero-order valence-corrected chi connectivity index (χ0v) is 21.9. The van der Waals surface area contributed by atoms with Crippen LogP contribution in [0.25, 0.3) is 22.2 Å². The van der Waals surface area contributed by atoms with E-state index < -0.39 is 0 Å². The Hall–Kier alpha value is -3.67. The van der Waals surface area contributed by atoms with Crippen molar-refractivity contribution < 1.29 is 4.79 Å². The van der Waals surface area contributed by atoms with Gasteiger partial charge in [0.25, 0.3) is 0 Å². The van der Waals surface area contributed by atoms with Crippen LogP contribution in [0.1, 0.15) is 19.4 Å². The minimum Gasteiger partial charge on any atom is -0.382 e. The number of carbonyl (C=O) groups excluding carboxylic acids is 1. The number of carbonyl (C=O) groups is 1. The third-order valence-corrected chi connectivity index (χ3v) is 7.89. The number of hydrogen-bond acceptors (Lipinski definition) is 8. The Morgan fingerprint density at radius 3 is 2.84 bits per heavy atom. The Bertz CT molecular complexity index is 1460. The van der Waals surface area contributed by atoms with Crippen molar-refractivity contribution in [1.82, 2.24) is 35.4 Å². The molecule has 0 spiro atoms. The third kappa shape index (κ3) is 4.80. The van der Waals surface area contributed by atoms with E-state index in [1.54, 1.807) is 0 Å². The van der Waals surface area contributed by atoms with Gasteiger partial charge in [-0.05, 0) is 43.3 Å². The highest BCUT2D eigenvalue weighted by Gasteiger charge is 2.31. The number of nitrogens with zero attached hydrogens (tertiary/aromatic N) is 6. The molecule has 0 aliphatic carbocycles. The van der Waals surface area contributed by atoms with E-state index >= 15 is 0 Å². The van der Waals surface area contributed by atoms with Crippen molar-refractivity contribution in [3.05, 3.63) is 47.6 Å². The molecule has 0 saturated carbocycles. The Kier molecular flexibility index (Phi) is 6.64. The maximum absolute atomic E-state index is 13.1. The highest BCUT2D eigenvalue weighted by atomic mass is 35.5. The minimum absolute atomic E-state index is 0.0224. The lowest BCUT2D eigenvalue weighted by molar-refractivity contribution is -0.117. The first kappa shape index (κ1) is 24.7. The number of nitrogen functional groups attached to an aromatic ring is 1. The van der Waals surface area contributed by atoms with E-state index in [0.29, 0.717) is 23.8 Å². The summed E-state index contributed by atoms with van der Waals surface area (Å²) in [7, 11) is 0. The molecule has 12 heteroatoms. The fraction of sp³-hybridized carbons (Fsp3) is 0.385.